The predicted molar refractivity (Wildman–Crippen MR) is 133 cm³/mol. The maximum atomic E-state index is 13.3. The SMILES string of the molecule is CCN1C(=O)c2ccccc2[S@@](=O)c2ccc(C(=O)N3CCN(Cc4ccccc4)CC3)cc21. The van der Waals surface area contributed by atoms with Gasteiger partial charge in [-0.15, -0.1) is 0 Å². The Bertz CT molecular complexity index is 1250. The Morgan fingerprint density at radius 2 is 1.59 bits per heavy atom. The topological polar surface area (TPSA) is 60.9 Å². The standard InChI is InChI=1S/C27H27N3O3S/c1-2-30-23-18-21(12-13-25(23)34(33)24-11-7-6-10-22(24)27(30)32)26(31)29-16-14-28(15-17-29)19-20-8-4-3-5-9-20/h3-13,18H,2,14-17,19H2,1H3/t34-/m1/s1. The predicted octanol–water partition coefficient (Wildman–Crippen LogP) is 3.79. The molecule has 34 heavy (non-hydrogen) atoms. The van der Waals surface area contributed by atoms with Crippen molar-refractivity contribution in [3.05, 3.63) is 89.5 Å². The first kappa shape index (κ1) is 22.5. The number of amides is 2. The average Bonchev–Trinajstić information content (AvgIpc) is 2.97. The highest BCUT2D eigenvalue weighted by atomic mass is 32.2. The summed E-state index contributed by atoms with van der Waals surface area (Å²) < 4.78 is 13.3. The van der Waals surface area contributed by atoms with E-state index in [0.717, 1.165) is 19.6 Å². The van der Waals surface area contributed by atoms with E-state index in [1.807, 2.05) is 30.0 Å². The van der Waals surface area contributed by atoms with Gasteiger partial charge in [-0.2, -0.15) is 0 Å². The fourth-order valence-corrected chi connectivity index (χ4v) is 5.99. The summed E-state index contributed by atoms with van der Waals surface area (Å²) in [5, 5.41) is 0. The van der Waals surface area contributed by atoms with Gasteiger partial charge in [-0.05, 0) is 42.8 Å². The quantitative estimate of drug-likeness (QED) is 0.579. The number of nitrogens with zero attached hydrogens (tertiary/aromatic N) is 3. The smallest absolute Gasteiger partial charge is 0.259 e. The maximum Gasteiger partial charge on any atom is 0.259 e. The summed E-state index contributed by atoms with van der Waals surface area (Å²) in [6.07, 6.45) is 0. The molecule has 2 aliphatic heterocycles. The zero-order valence-electron chi connectivity index (χ0n) is 19.1. The van der Waals surface area contributed by atoms with E-state index in [1.165, 1.54) is 5.56 Å². The average molecular weight is 474 g/mol. The minimum atomic E-state index is -1.50. The lowest BCUT2D eigenvalue weighted by Crippen LogP contribution is -2.48. The van der Waals surface area contributed by atoms with Crippen molar-refractivity contribution in [2.75, 3.05) is 37.6 Å². The second-order valence-corrected chi connectivity index (χ2v) is 9.97. The van der Waals surface area contributed by atoms with Crippen molar-refractivity contribution in [2.45, 2.75) is 23.3 Å². The monoisotopic (exact) mass is 473 g/mol. The second kappa shape index (κ2) is 9.52. The molecular formula is C27H27N3O3S. The van der Waals surface area contributed by atoms with Crippen LogP contribution < -0.4 is 4.90 Å². The van der Waals surface area contributed by atoms with Crippen LogP contribution in [0.5, 0.6) is 0 Å². The maximum absolute atomic E-state index is 13.3. The van der Waals surface area contributed by atoms with E-state index in [0.29, 0.717) is 46.2 Å². The lowest BCUT2D eigenvalue weighted by atomic mass is 10.1. The number of hydrogen-bond acceptors (Lipinski definition) is 4. The summed E-state index contributed by atoms with van der Waals surface area (Å²) in [5.41, 5.74) is 2.78. The third-order valence-corrected chi connectivity index (χ3v) is 7.98. The van der Waals surface area contributed by atoms with Gasteiger partial charge in [0.1, 0.15) is 0 Å². The number of benzene rings is 3. The Balaban J connectivity index is 1.36. The lowest BCUT2D eigenvalue weighted by Gasteiger charge is -2.35. The van der Waals surface area contributed by atoms with Gasteiger partial charge in [0.25, 0.3) is 11.8 Å². The van der Waals surface area contributed by atoms with Crippen molar-refractivity contribution < 1.29 is 13.8 Å². The first-order valence-corrected chi connectivity index (χ1v) is 12.7. The van der Waals surface area contributed by atoms with E-state index in [9.17, 15) is 13.8 Å². The summed E-state index contributed by atoms with van der Waals surface area (Å²) in [7, 11) is -1.50. The molecule has 0 aliphatic carbocycles. The van der Waals surface area contributed by atoms with Crippen molar-refractivity contribution in [3.8, 4) is 0 Å². The molecule has 1 atom stereocenters. The molecule has 6 nitrogen and oxygen atoms in total. The highest BCUT2D eigenvalue weighted by Gasteiger charge is 2.31. The van der Waals surface area contributed by atoms with E-state index in [1.54, 1.807) is 47.4 Å². The van der Waals surface area contributed by atoms with E-state index in [2.05, 4.69) is 17.0 Å². The van der Waals surface area contributed by atoms with Crippen LogP contribution in [0.25, 0.3) is 0 Å². The van der Waals surface area contributed by atoms with Crippen LogP contribution in [0.15, 0.2) is 82.6 Å². The minimum absolute atomic E-state index is 0.0572. The normalized spacial score (nSPS) is 18.3. The van der Waals surface area contributed by atoms with Gasteiger partial charge < -0.3 is 9.80 Å². The molecule has 3 aromatic carbocycles. The van der Waals surface area contributed by atoms with E-state index < -0.39 is 10.8 Å². The number of carbonyl (C=O) groups excluding carboxylic acids is 2. The number of hydrogen-bond donors (Lipinski definition) is 0. The Hall–Kier alpha value is -3.29. The largest absolute Gasteiger partial charge is 0.336 e. The van der Waals surface area contributed by atoms with Crippen LogP contribution in [0.3, 0.4) is 0 Å². The Labute approximate surface area is 202 Å². The van der Waals surface area contributed by atoms with Gasteiger partial charge in [0.05, 0.1) is 31.8 Å². The molecule has 0 saturated carbocycles. The molecule has 174 valence electrons. The van der Waals surface area contributed by atoms with Crippen LogP contribution >= 0.6 is 0 Å². The molecule has 2 amide bonds. The van der Waals surface area contributed by atoms with Gasteiger partial charge >= 0.3 is 0 Å². The molecule has 0 radical (unpaired) electrons. The van der Waals surface area contributed by atoms with Gasteiger partial charge in [-0.25, -0.2) is 4.21 Å². The molecule has 2 heterocycles. The zero-order valence-corrected chi connectivity index (χ0v) is 20.0. The van der Waals surface area contributed by atoms with Crippen molar-refractivity contribution >= 4 is 28.3 Å². The minimum Gasteiger partial charge on any atom is -0.336 e. The Kier molecular flexibility index (Phi) is 6.30. The third-order valence-electron chi connectivity index (χ3n) is 6.48. The van der Waals surface area contributed by atoms with Crippen LogP contribution in [0.4, 0.5) is 5.69 Å². The molecule has 3 aromatic rings. The van der Waals surface area contributed by atoms with Crippen molar-refractivity contribution in [3.63, 3.8) is 0 Å². The van der Waals surface area contributed by atoms with Gasteiger partial charge in [-0.1, -0.05) is 42.5 Å². The number of anilines is 1. The molecule has 0 unspecified atom stereocenters. The summed E-state index contributed by atoms with van der Waals surface area (Å²) in [6.45, 7) is 6.11. The highest BCUT2D eigenvalue weighted by Crippen LogP contribution is 2.35. The molecule has 5 rings (SSSR count). The molecule has 0 bridgehead atoms. The van der Waals surface area contributed by atoms with Gasteiger partial charge in [0.2, 0.25) is 0 Å². The van der Waals surface area contributed by atoms with Crippen LogP contribution in [0.2, 0.25) is 0 Å². The van der Waals surface area contributed by atoms with Crippen LogP contribution in [-0.2, 0) is 17.3 Å². The molecule has 0 aromatic heterocycles. The second-order valence-electron chi connectivity index (χ2n) is 8.55. The molecule has 2 aliphatic rings. The number of carbonyl (C=O) groups is 2. The number of fused-ring (bicyclic) bond motifs is 2. The van der Waals surface area contributed by atoms with Crippen LogP contribution in [-0.4, -0.2) is 58.5 Å². The fraction of sp³-hybridized carbons (Fsp3) is 0.259. The fourth-order valence-electron chi connectivity index (χ4n) is 4.64. The van der Waals surface area contributed by atoms with Gasteiger partial charge in [-0.3, -0.25) is 14.5 Å². The summed E-state index contributed by atoms with van der Waals surface area (Å²) >= 11 is 0. The first-order chi connectivity index (χ1) is 16.6. The molecular weight excluding hydrogens is 446 g/mol. The molecule has 0 spiro atoms. The van der Waals surface area contributed by atoms with Crippen LogP contribution in [0.1, 0.15) is 33.2 Å². The molecule has 0 N–H and O–H groups in total. The lowest BCUT2D eigenvalue weighted by molar-refractivity contribution is 0.0628. The Morgan fingerprint density at radius 3 is 2.32 bits per heavy atom. The number of piperazine rings is 1. The van der Waals surface area contributed by atoms with Crippen LogP contribution in [0, 0.1) is 0 Å². The Morgan fingerprint density at radius 1 is 0.882 bits per heavy atom. The van der Waals surface area contributed by atoms with E-state index in [4.69, 9.17) is 0 Å². The third kappa shape index (κ3) is 4.17. The molecule has 7 heteroatoms. The van der Waals surface area contributed by atoms with E-state index in [-0.39, 0.29) is 11.8 Å². The zero-order chi connectivity index (χ0) is 23.7. The van der Waals surface area contributed by atoms with E-state index >= 15 is 0 Å². The van der Waals surface area contributed by atoms with Gasteiger partial charge in [0, 0.05) is 44.8 Å². The van der Waals surface area contributed by atoms with Crippen molar-refractivity contribution in [2.24, 2.45) is 0 Å². The summed E-state index contributed by atoms with van der Waals surface area (Å²) in [5.74, 6) is -0.248. The van der Waals surface area contributed by atoms with Crippen molar-refractivity contribution in [1.82, 2.24) is 9.80 Å². The highest BCUT2D eigenvalue weighted by molar-refractivity contribution is 7.85. The molecule has 1 fully saturated rings. The number of rotatable bonds is 4. The molecule has 1 saturated heterocycles. The van der Waals surface area contributed by atoms with Gasteiger partial charge in [0.15, 0.2) is 0 Å². The van der Waals surface area contributed by atoms with Crippen molar-refractivity contribution in [1.29, 1.82) is 0 Å². The summed E-state index contributed by atoms with van der Waals surface area (Å²) in [6, 6.07) is 22.6. The first-order valence-electron chi connectivity index (χ1n) is 11.6. The summed E-state index contributed by atoms with van der Waals surface area (Å²) in [4.78, 5) is 33.5.